The summed E-state index contributed by atoms with van der Waals surface area (Å²) in [6.45, 7) is 0.330. The highest BCUT2D eigenvalue weighted by Gasteiger charge is 2.48. The van der Waals surface area contributed by atoms with Crippen LogP contribution < -0.4 is 15.0 Å². The molecule has 0 aromatic carbocycles. The largest absolute Gasteiger partial charge is 0.482 e. The predicted molar refractivity (Wildman–Crippen MR) is 99.5 cm³/mol. The van der Waals surface area contributed by atoms with Crippen molar-refractivity contribution < 1.29 is 36.0 Å². The van der Waals surface area contributed by atoms with Gasteiger partial charge in [0.1, 0.15) is 17.0 Å². The Morgan fingerprint density at radius 2 is 2.03 bits per heavy atom. The van der Waals surface area contributed by atoms with Gasteiger partial charge in [-0.1, -0.05) is 5.16 Å². The van der Waals surface area contributed by atoms with Gasteiger partial charge in [-0.3, -0.25) is 4.79 Å². The lowest BCUT2D eigenvalue weighted by Crippen LogP contribution is -2.56. The predicted octanol–water partition coefficient (Wildman–Crippen LogP) is 3.22. The summed E-state index contributed by atoms with van der Waals surface area (Å²) in [6.07, 6.45) is -1.95. The average molecular weight is 461 g/mol. The molecule has 1 unspecified atom stereocenters. The number of carbonyl (C=O) groups excluding carboxylic acids is 1. The fraction of sp³-hybridized carbons (Fsp3) is 0.579. The van der Waals surface area contributed by atoms with Gasteiger partial charge in [0.2, 0.25) is 5.89 Å². The van der Waals surface area contributed by atoms with E-state index in [1.807, 2.05) is 0 Å². The van der Waals surface area contributed by atoms with E-state index in [1.54, 1.807) is 13.8 Å². The summed E-state index contributed by atoms with van der Waals surface area (Å²) in [5.74, 6) is -3.36. The molecule has 8 nitrogen and oxygen atoms in total. The molecule has 0 bridgehead atoms. The Balaban J connectivity index is 1.58. The molecule has 13 heteroatoms. The zero-order chi connectivity index (χ0) is 23.3. The summed E-state index contributed by atoms with van der Waals surface area (Å²) in [5.41, 5.74) is -1.25. The van der Waals surface area contributed by atoms with Crippen LogP contribution in [0.5, 0.6) is 5.75 Å². The van der Waals surface area contributed by atoms with Gasteiger partial charge in [-0.25, -0.2) is 13.8 Å². The van der Waals surface area contributed by atoms with Gasteiger partial charge in [0.25, 0.3) is 11.8 Å². The molecule has 2 fully saturated rings. The third-order valence-corrected chi connectivity index (χ3v) is 5.41. The smallest absolute Gasteiger partial charge is 0.422 e. The van der Waals surface area contributed by atoms with E-state index in [-0.39, 0.29) is 28.9 Å². The molecule has 1 N–H and O–H groups in total. The molecule has 1 amide bonds. The molecule has 1 aliphatic heterocycles. The molecule has 0 spiro atoms. The fourth-order valence-electron chi connectivity index (χ4n) is 3.56. The van der Waals surface area contributed by atoms with Gasteiger partial charge < -0.3 is 19.5 Å². The van der Waals surface area contributed by atoms with Gasteiger partial charge in [-0.2, -0.15) is 18.2 Å². The van der Waals surface area contributed by atoms with E-state index < -0.39 is 43.2 Å². The Morgan fingerprint density at radius 1 is 1.34 bits per heavy atom. The molecule has 3 heterocycles. The van der Waals surface area contributed by atoms with E-state index in [0.717, 1.165) is 30.0 Å². The van der Waals surface area contributed by atoms with Crippen LogP contribution in [0.2, 0.25) is 0 Å². The number of rotatable bonds is 7. The van der Waals surface area contributed by atoms with Crippen LogP contribution in [0.25, 0.3) is 0 Å². The van der Waals surface area contributed by atoms with Crippen molar-refractivity contribution in [1.82, 2.24) is 20.4 Å². The van der Waals surface area contributed by atoms with E-state index in [0.29, 0.717) is 5.89 Å². The minimum absolute atomic E-state index is 0.0459. The molecule has 4 rings (SSSR count). The number of nitrogens with zero attached hydrogens (tertiary/aromatic N) is 4. The third-order valence-electron chi connectivity index (χ3n) is 5.41. The Labute approximate surface area is 179 Å². The summed E-state index contributed by atoms with van der Waals surface area (Å²) in [5, 5.41) is 6.68. The van der Waals surface area contributed by atoms with Crippen LogP contribution in [0.1, 0.15) is 42.0 Å². The maximum atomic E-state index is 13.3. The lowest BCUT2D eigenvalue weighted by atomic mass is 9.94. The molecule has 1 saturated carbocycles. The normalized spacial score (nSPS) is 19.8. The second-order valence-electron chi connectivity index (χ2n) is 8.22. The van der Waals surface area contributed by atoms with Crippen LogP contribution in [0.3, 0.4) is 0 Å². The Bertz CT molecular complexity index is 1020. The molecule has 174 valence electrons. The molecule has 32 heavy (non-hydrogen) atoms. The van der Waals surface area contributed by atoms with Crippen LogP contribution in [-0.2, 0) is 5.54 Å². The van der Waals surface area contributed by atoms with Crippen molar-refractivity contribution in [3.8, 4) is 5.75 Å². The Kier molecular flexibility index (Phi) is 5.24. The number of hydrogen-bond donors (Lipinski definition) is 1. The number of alkyl halides is 5. The first-order chi connectivity index (χ1) is 14.9. The Morgan fingerprint density at radius 3 is 2.56 bits per heavy atom. The SMILES string of the molecule is Cc1nc(C(C)(NC(=O)c2cc(OCC(F)(F)F)c(N3CC(F)(F)C3)cn2)C2CC2)no1. The molecule has 2 aromatic rings. The van der Waals surface area contributed by atoms with Crippen LogP contribution in [0.4, 0.5) is 27.6 Å². The third kappa shape index (κ3) is 4.60. The first-order valence-corrected chi connectivity index (χ1v) is 9.82. The second-order valence-corrected chi connectivity index (χ2v) is 8.22. The summed E-state index contributed by atoms with van der Waals surface area (Å²) in [6, 6.07) is 1.02. The number of aryl methyl sites for hydroxylation is 1. The Hall–Kier alpha value is -2.99. The molecule has 0 radical (unpaired) electrons. The van der Waals surface area contributed by atoms with Gasteiger partial charge in [0, 0.05) is 13.0 Å². The second kappa shape index (κ2) is 7.55. The maximum Gasteiger partial charge on any atom is 0.422 e. The van der Waals surface area contributed by atoms with Crippen molar-refractivity contribution in [2.75, 3.05) is 24.6 Å². The lowest BCUT2D eigenvalue weighted by Gasteiger charge is -2.40. The van der Waals surface area contributed by atoms with E-state index in [4.69, 9.17) is 9.26 Å². The summed E-state index contributed by atoms with van der Waals surface area (Å²) >= 11 is 0. The molecule has 2 aromatic heterocycles. The van der Waals surface area contributed by atoms with Crippen molar-refractivity contribution >= 4 is 11.6 Å². The summed E-state index contributed by atoms with van der Waals surface area (Å²) in [7, 11) is 0. The highest BCUT2D eigenvalue weighted by Crippen LogP contribution is 2.45. The minimum atomic E-state index is -4.65. The summed E-state index contributed by atoms with van der Waals surface area (Å²) < 4.78 is 74.4. The first kappa shape index (κ1) is 22.2. The van der Waals surface area contributed by atoms with Gasteiger partial charge in [-0.15, -0.1) is 0 Å². The van der Waals surface area contributed by atoms with Crippen molar-refractivity contribution in [2.24, 2.45) is 5.92 Å². The minimum Gasteiger partial charge on any atom is -0.482 e. The number of nitrogens with one attached hydrogen (secondary N) is 1. The number of carbonyl (C=O) groups is 1. The highest BCUT2D eigenvalue weighted by molar-refractivity contribution is 5.93. The summed E-state index contributed by atoms with van der Waals surface area (Å²) in [4.78, 5) is 22.2. The highest BCUT2D eigenvalue weighted by atomic mass is 19.4. The number of amides is 1. The molecule has 1 atom stereocenters. The zero-order valence-corrected chi connectivity index (χ0v) is 17.2. The number of hydrogen-bond acceptors (Lipinski definition) is 7. The molecular weight excluding hydrogens is 441 g/mol. The van der Waals surface area contributed by atoms with E-state index >= 15 is 0 Å². The lowest BCUT2D eigenvalue weighted by molar-refractivity contribution is -0.153. The van der Waals surface area contributed by atoms with Crippen LogP contribution in [-0.4, -0.2) is 52.8 Å². The van der Waals surface area contributed by atoms with Gasteiger partial charge in [-0.05, 0) is 25.7 Å². The van der Waals surface area contributed by atoms with Gasteiger partial charge in [0.15, 0.2) is 12.4 Å². The van der Waals surface area contributed by atoms with Gasteiger partial charge >= 0.3 is 6.18 Å². The number of pyridine rings is 1. The molecular formula is C19H20F5N5O3. The fourth-order valence-corrected chi connectivity index (χ4v) is 3.56. The van der Waals surface area contributed by atoms with Crippen LogP contribution >= 0.6 is 0 Å². The average Bonchev–Trinajstić information content (AvgIpc) is 3.45. The maximum absolute atomic E-state index is 13.3. The van der Waals surface area contributed by atoms with Crippen molar-refractivity contribution in [3.63, 3.8) is 0 Å². The monoisotopic (exact) mass is 461 g/mol. The number of aromatic nitrogens is 3. The van der Waals surface area contributed by atoms with Crippen molar-refractivity contribution in [2.45, 2.75) is 44.3 Å². The molecule has 1 saturated heterocycles. The first-order valence-electron chi connectivity index (χ1n) is 9.82. The van der Waals surface area contributed by atoms with Crippen LogP contribution in [0.15, 0.2) is 16.8 Å². The topological polar surface area (TPSA) is 93.4 Å². The van der Waals surface area contributed by atoms with Crippen molar-refractivity contribution in [3.05, 3.63) is 29.7 Å². The zero-order valence-electron chi connectivity index (χ0n) is 17.2. The van der Waals surface area contributed by atoms with Crippen molar-refractivity contribution in [1.29, 1.82) is 0 Å². The van der Waals surface area contributed by atoms with E-state index in [1.165, 1.54) is 0 Å². The molecule has 1 aliphatic carbocycles. The standard InChI is InChI=1S/C19H20F5N5O3/c1-10-26-16(28-32-10)17(2,11-3-4-11)27-15(30)12-5-14(31-9-19(22,23)24)13(6-25-12)29-7-18(20,21)8-29/h5-6,11H,3-4,7-9H2,1-2H3,(H,27,30). The molecule has 2 aliphatic rings. The van der Waals surface area contributed by atoms with Crippen LogP contribution in [0, 0.1) is 12.8 Å². The van der Waals surface area contributed by atoms with E-state index in [9.17, 15) is 26.7 Å². The van der Waals surface area contributed by atoms with Gasteiger partial charge in [0.05, 0.1) is 25.0 Å². The number of ether oxygens (including phenoxy) is 1. The van der Waals surface area contributed by atoms with E-state index in [2.05, 4.69) is 20.4 Å². The quantitative estimate of drug-likeness (QED) is 0.633. The number of anilines is 1. The number of halogens is 5.